The Balaban J connectivity index is 4.89. The van der Waals surface area contributed by atoms with Crippen LogP contribution in [0.5, 0.6) is 0 Å². The number of ether oxygens (including phenoxy) is 1. The van der Waals surface area contributed by atoms with Crippen molar-refractivity contribution in [3.8, 4) is 0 Å². The molecule has 11 nitrogen and oxygen atoms in total. The van der Waals surface area contributed by atoms with Gasteiger partial charge in [0, 0.05) is 19.4 Å². The Morgan fingerprint density at radius 3 is 2.08 bits per heavy atom. The van der Waals surface area contributed by atoms with Crippen molar-refractivity contribution in [1.29, 1.82) is 0 Å². The molecule has 0 aliphatic carbocycles. The van der Waals surface area contributed by atoms with Crippen molar-refractivity contribution in [3.05, 3.63) is 0 Å². The Bertz CT molecular complexity index is 537. The van der Waals surface area contributed by atoms with Crippen LogP contribution in [-0.4, -0.2) is 71.9 Å². The number of esters is 1. The van der Waals surface area contributed by atoms with Crippen molar-refractivity contribution in [2.45, 2.75) is 43.4 Å². The second kappa shape index (κ2) is 10.7. The van der Waals surface area contributed by atoms with Crippen LogP contribution in [0.1, 0.15) is 32.6 Å². The third-order valence-electron chi connectivity index (χ3n) is 3.24. The number of nitrogens with one attached hydrogen (secondary N) is 1. The van der Waals surface area contributed by atoms with Gasteiger partial charge in [0.25, 0.3) is 0 Å². The van der Waals surface area contributed by atoms with E-state index < -0.39 is 58.8 Å². The van der Waals surface area contributed by atoms with Crippen LogP contribution in [-0.2, 0) is 35.0 Å². The van der Waals surface area contributed by atoms with Crippen LogP contribution in [0.15, 0.2) is 0 Å². The highest BCUT2D eigenvalue weighted by atomic mass is 32.2. The predicted octanol–water partition coefficient (Wildman–Crippen LogP) is -0.718. The summed E-state index contributed by atoms with van der Waals surface area (Å²) in [5.74, 6) is -4.64. The van der Waals surface area contributed by atoms with Crippen molar-refractivity contribution in [2.75, 3.05) is 13.2 Å². The number of aliphatic carboxylic acids is 3. The van der Waals surface area contributed by atoms with Crippen LogP contribution in [0.2, 0.25) is 0 Å². The maximum atomic E-state index is 11.6. The van der Waals surface area contributed by atoms with E-state index in [1.807, 2.05) is 0 Å². The summed E-state index contributed by atoms with van der Waals surface area (Å²) in [6, 6.07) is -1.65. The van der Waals surface area contributed by atoms with Crippen LogP contribution in [0.25, 0.3) is 0 Å². The molecule has 5 N–H and O–H groups in total. The van der Waals surface area contributed by atoms with Gasteiger partial charge in [0.05, 0.1) is 6.42 Å². The van der Waals surface area contributed by atoms with Gasteiger partial charge in [-0.15, -0.1) is 0 Å². The summed E-state index contributed by atoms with van der Waals surface area (Å²) in [6.07, 6.45) is -0.906. The second-order valence-corrected chi connectivity index (χ2v) is 6.77. The molecule has 0 bridgehead atoms. The van der Waals surface area contributed by atoms with Crippen molar-refractivity contribution in [2.24, 2.45) is 0 Å². The molecule has 0 aromatic heterocycles. The number of carbonyl (C=O) groups is 4. The molecule has 0 saturated carbocycles. The molecule has 0 aromatic rings. The SMILES string of the molecule is C[C@](COC(=O)CCCC(=O)O)([C@@H](NCCC(=O)O)C(=O)O)S(=O)O. The van der Waals surface area contributed by atoms with Gasteiger partial charge < -0.3 is 29.9 Å². The minimum absolute atomic E-state index is 0.00627. The van der Waals surface area contributed by atoms with E-state index in [0.717, 1.165) is 6.92 Å². The van der Waals surface area contributed by atoms with Crippen molar-refractivity contribution < 1.29 is 48.0 Å². The van der Waals surface area contributed by atoms with Crippen LogP contribution in [0.4, 0.5) is 0 Å². The summed E-state index contributed by atoms with van der Waals surface area (Å²) in [6.45, 7) is 0.102. The summed E-state index contributed by atoms with van der Waals surface area (Å²) < 4.78 is 23.9. The van der Waals surface area contributed by atoms with Gasteiger partial charge in [-0.3, -0.25) is 19.2 Å². The molecule has 0 spiro atoms. The smallest absolute Gasteiger partial charge is 0.322 e. The zero-order valence-electron chi connectivity index (χ0n) is 13.5. The zero-order chi connectivity index (χ0) is 19.6. The highest BCUT2D eigenvalue weighted by Gasteiger charge is 2.45. The number of carboxylic acid groups (broad SMARTS) is 3. The molecule has 0 rings (SSSR count). The van der Waals surface area contributed by atoms with E-state index in [4.69, 9.17) is 14.9 Å². The largest absolute Gasteiger partial charge is 0.481 e. The standard InChI is InChI=1S/C13H21NO10S/c1-13(25(22)23,7-24-10(19)4-2-3-8(15)16)11(12(20)21)14-6-5-9(17)18/h11,14H,2-7H2,1H3,(H,15,16)(H,17,18)(H,20,21)(H,22,23)/t11-,13-/m0/s1. The fourth-order valence-electron chi connectivity index (χ4n) is 1.80. The third-order valence-corrected chi connectivity index (χ3v) is 4.39. The van der Waals surface area contributed by atoms with E-state index >= 15 is 0 Å². The van der Waals surface area contributed by atoms with Crippen molar-refractivity contribution in [3.63, 3.8) is 0 Å². The van der Waals surface area contributed by atoms with Crippen LogP contribution in [0.3, 0.4) is 0 Å². The maximum absolute atomic E-state index is 11.6. The molecule has 0 heterocycles. The Hall–Kier alpha value is -2.05. The van der Waals surface area contributed by atoms with E-state index in [-0.39, 0.29) is 25.8 Å². The normalized spacial score (nSPS) is 15.6. The molecule has 0 aliphatic heterocycles. The van der Waals surface area contributed by atoms with Gasteiger partial charge in [-0.1, -0.05) is 0 Å². The van der Waals surface area contributed by atoms with E-state index in [1.54, 1.807) is 0 Å². The molecule has 12 heteroatoms. The Kier molecular flexibility index (Phi) is 9.86. The van der Waals surface area contributed by atoms with Crippen molar-refractivity contribution in [1.82, 2.24) is 5.32 Å². The Morgan fingerprint density at radius 2 is 1.64 bits per heavy atom. The van der Waals surface area contributed by atoms with Gasteiger partial charge in [0.2, 0.25) is 0 Å². The number of rotatable bonds is 13. The fourth-order valence-corrected chi connectivity index (χ4v) is 2.35. The Labute approximate surface area is 145 Å². The van der Waals surface area contributed by atoms with E-state index in [2.05, 4.69) is 5.32 Å². The first kappa shape index (κ1) is 22.9. The molecule has 0 radical (unpaired) electrons. The maximum Gasteiger partial charge on any atom is 0.322 e. The van der Waals surface area contributed by atoms with Gasteiger partial charge in [-0.05, 0) is 13.3 Å². The molecule has 0 amide bonds. The summed E-state index contributed by atoms with van der Waals surface area (Å²) in [4.78, 5) is 43.8. The number of hydrogen-bond acceptors (Lipinski definition) is 7. The summed E-state index contributed by atoms with van der Waals surface area (Å²) >= 11 is -2.73. The summed E-state index contributed by atoms with van der Waals surface area (Å²) in [5.41, 5.74) is 0. The monoisotopic (exact) mass is 383 g/mol. The zero-order valence-corrected chi connectivity index (χ0v) is 14.3. The first-order valence-electron chi connectivity index (χ1n) is 7.17. The quantitative estimate of drug-likeness (QED) is 0.199. The number of carboxylic acids is 3. The molecule has 3 atom stereocenters. The average molecular weight is 383 g/mol. The number of carbonyl (C=O) groups excluding carboxylic acids is 1. The second-order valence-electron chi connectivity index (χ2n) is 5.34. The molecular formula is C13H21NO10S. The number of hydrogen-bond donors (Lipinski definition) is 5. The highest BCUT2D eigenvalue weighted by molar-refractivity contribution is 7.80. The van der Waals surface area contributed by atoms with Crippen LogP contribution in [0, 0.1) is 0 Å². The predicted molar refractivity (Wildman–Crippen MR) is 83.3 cm³/mol. The first-order valence-corrected chi connectivity index (χ1v) is 8.27. The highest BCUT2D eigenvalue weighted by Crippen LogP contribution is 2.20. The molecule has 0 aliphatic rings. The first-order chi connectivity index (χ1) is 11.5. The summed E-state index contributed by atoms with van der Waals surface area (Å²) in [5, 5.41) is 28.6. The van der Waals surface area contributed by atoms with Gasteiger partial charge in [0.1, 0.15) is 17.4 Å². The van der Waals surface area contributed by atoms with Crippen LogP contribution < -0.4 is 5.32 Å². The van der Waals surface area contributed by atoms with E-state index in [1.165, 1.54) is 0 Å². The van der Waals surface area contributed by atoms with Crippen LogP contribution >= 0.6 is 0 Å². The van der Waals surface area contributed by atoms with E-state index in [0.29, 0.717) is 0 Å². The summed E-state index contributed by atoms with van der Waals surface area (Å²) in [7, 11) is 0. The Morgan fingerprint density at radius 1 is 1.08 bits per heavy atom. The minimum Gasteiger partial charge on any atom is -0.481 e. The topological polar surface area (TPSA) is 188 Å². The lowest BCUT2D eigenvalue weighted by Gasteiger charge is -2.31. The van der Waals surface area contributed by atoms with Gasteiger partial charge >= 0.3 is 23.9 Å². The third kappa shape index (κ3) is 8.56. The molecule has 0 saturated heterocycles. The molecule has 1 unspecified atom stereocenters. The molecule has 0 fully saturated rings. The van der Waals surface area contributed by atoms with Gasteiger partial charge in [-0.2, -0.15) is 0 Å². The molecule has 25 heavy (non-hydrogen) atoms. The molecule has 0 aromatic carbocycles. The lowest BCUT2D eigenvalue weighted by atomic mass is 10.0. The van der Waals surface area contributed by atoms with Gasteiger partial charge in [-0.25, -0.2) is 4.21 Å². The minimum atomic E-state index is -2.73. The van der Waals surface area contributed by atoms with E-state index in [9.17, 15) is 33.0 Å². The lowest BCUT2D eigenvalue weighted by molar-refractivity contribution is -0.148. The molecule has 144 valence electrons. The average Bonchev–Trinajstić information content (AvgIpc) is 2.48. The lowest BCUT2D eigenvalue weighted by Crippen LogP contribution is -2.58. The van der Waals surface area contributed by atoms with Gasteiger partial charge in [0.15, 0.2) is 11.1 Å². The van der Waals surface area contributed by atoms with Crippen molar-refractivity contribution >= 4 is 35.0 Å². The molecular weight excluding hydrogens is 362 g/mol. The fraction of sp³-hybridized carbons (Fsp3) is 0.692.